The number of alkyl halides is 3. The molecule has 26 heavy (non-hydrogen) atoms. The normalized spacial score (nSPS) is 13.0. The smallest absolute Gasteiger partial charge is 0.365 e. The molecule has 0 aliphatic rings. The summed E-state index contributed by atoms with van der Waals surface area (Å²) in [7, 11) is 0. The van der Waals surface area contributed by atoms with Crippen LogP contribution in [0.15, 0.2) is 66.2 Å². The maximum Gasteiger partial charge on any atom is 0.417 e. The maximum absolute atomic E-state index is 13.6. The molecule has 1 amide bonds. The van der Waals surface area contributed by atoms with Gasteiger partial charge in [-0.1, -0.05) is 54.1 Å². The van der Waals surface area contributed by atoms with Crippen LogP contribution in [0.2, 0.25) is 5.02 Å². The third kappa shape index (κ3) is 4.52. The summed E-state index contributed by atoms with van der Waals surface area (Å²) in [6.07, 6.45) is -3.96. The number of carbonyl (C=O) groups excluding carboxylic acids is 1. The van der Waals surface area contributed by atoms with Crippen molar-refractivity contribution in [1.29, 1.82) is 5.26 Å². The van der Waals surface area contributed by atoms with E-state index in [-0.39, 0.29) is 16.7 Å². The third-order valence-corrected chi connectivity index (χ3v) is 3.71. The van der Waals surface area contributed by atoms with E-state index in [0.717, 1.165) is 6.08 Å². The second kappa shape index (κ2) is 7.89. The van der Waals surface area contributed by atoms with Crippen molar-refractivity contribution in [2.24, 2.45) is 5.73 Å². The minimum Gasteiger partial charge on any atom is -0.365 e. The Labute approximate surface area is 152 Å². The van der Waals surface area contributed by atoms with Crippen LogP contribution in [0.25, 0.3) is 11.1 Å². The lowest BCUT2D eigenvalue weighted by Gasteiger charge is -2.14. The SMILES string of the molecule is N#C/C(C(N)=O)=C(/C=C(\c1ccccc1)C(F)(F)F)c1ccc(Cl)cc1. The fourth-order valence-electron chi connectivity index (χ4n) is 2.27. The highest BCUT2D eigenvalue weighted by molar-refractivity contribution is 6.30. The van der Waals surface area contributed by atoms with Gasteiger partial charge < -0.3 is 5.73 Å². The lowest BCUT2D eigenvalue weighted by Crippen LogP contribution is -2.15. The van der Waals surface area contributed by atoms with Crippen LogP contribution in [0.5, 0.6) is 0 Å². The number of nitrogens with two attached hydrogens (primary N) is 1. The quantitative estimate of drug-likeness (QED) is 0.475. The second-order valence-corrected chi connectivity index (χ2v) is 5.63. The summed E-state index contributed by atoms with van der Waals surface area (Å²) in [5.41, 5.74) is 3.48. The number of nitrogens with zero attached hydrogens (tertiary/aromatic N) is 1. The fraction of sp³-hybridized carbons (Fsp3) is 0.0526. The lowest BCUT2D eigenvalue weighted by atomic mass is 9.94. The highest BCUT2D eigenvalue weighted by Gasteiger charge is 2.35. The first-order chi connectivity index (χ1) is 12.2. The van der Waals surface area contributed by atoms with Gasteiger partial charge >= 0.3 is 6.18 Å². The van der Waals surface area contributed by atoms with E-state index in [1.54, 1.807) is 12.1 Å². The van der Waals surface area contributed by atoms with E-state index in [9.17, 15) is 23.2 Å². The van der Waals surface area contributed by atoms with Crippen LogP contribution in [0.4, 0.5) is 13.2 Å². The first-order valence-corrected chi connectivity index (χ1v) is 7.66. The molecule has 3 nitrogen and oxygen atoms in total. The number of benzene rings is 2. The van der Waals surface area contributed by atoms with Crippen molar-refractivity contribution < 1.29 is 18.0 Å². The van der Waals surface area contributed by atoms with E-state index in [1.165, 1.54) is 48.5 Å². The number of hydrogen-bond acceptors (Lipinski definition) is 2. The Morgan fingerprint density at radius 2 is 1.62 bits per heavy atom. The largest absolute Gasteiger partial charge is 0.417 e. The van der Waals surface area contributed by atoms with Gasteiger partial charge in [0.05, 0.1) is 5.57 Å². The van der Waals surface area contributed by atoms with Crippen molar-refractivity contribution in [3.63, 3.8) is 0 Å². The zero-order valence-electron chi connectivity index (χ0n) is 13.2. The molecule has 0 aliphatic carbocycles. The molecule has 0 fully saturated rings. The highest BCUT2D eigenvalue weighted by atomic mass is 35.5. The third-order valence-electron chi connectivity index (χ3n) is 3.46. The van der Waals surface area contributed by atoms with Crippen molar-refractivity contribution in [1.82, 2.24) is 0 Å². The number of halogens is 4. The first-order valence-electron chi connectivity index (χ1n) is 7.28. The molecule has 0 aliphatic heterocycles. The van der Waals surface area contributed by atoms with Crippen molar-refractivity contribution in [3.8, 4) is 6.07 Å². The Hall–Kier alpha value is -3.04. The van der Waals surface area contributed by atoms with Gasteiger partial charge in [-0.3, -0.25) is 4.79 Å². The van der Waals surface area contributed by atoms with Crippen LogP contribution < -0.4 is 5.73 Å². The number of hydrogen-bond donors (Lipinski definition) is 1. The van der Waals surface area contributed by atoms with Gasteiger partial charge in [-0.25, -0.2) is 0 Å². The molecular weight excluding hydrogens is 365 g/mol. The summed E-state index contributed by atoms with van der Waals surface area (Å²) < 4.78 is 40.8. The number of amides is 1. The standard InChI is InChI=1S/C19H12ClF3N2O/c20-14-8-6-12(7-9-14)15(16(11-24)18(25)26)10-17(19(21,22)23)13-4-2-1-3-5-13/h1-10H,(H2,25,26)/b16-15+,17-10+. The van der Waals surface area contributed by atoms with E-state index < -0.39 is 23.2 Å². The van der Waals surface area contributed by atoms with E-state index in [2.05, 4.69) is 0 Å². The lowest BCUT2D eigenvalue weighted by molar-refractivity contribution is -0.114. The summed E-state index contributed by atoms with van der Waals surface area (Å²) >= 11 is 5.80. The van der Waals surface area contributed by atoms with Crippen LogP contribution in [0.3, 0.4) is 0 Å². The van der Waals surface area contributed by atoms with Gasteiger partial charge in [-0.05, 0) is 29.3 Å². The fourth-order valence-corrected chi connectivity index (χ4v) is 2.39. The van der Waals surface area contributed by atoms with Crippen molar-refractivity contribution in [2.45, 2.75) is 6.18 Å². The molecule has 0 unspecified atom stereocenters. The van der Waals surface area contributed by atoms with E-state index in [1.807, 2.05) is 0 Å². The number of primary amides is 1. The molecule has 2 N–H and O–H groups in total. The van der Waals surface area contributed by atoms with Gasteiger partial charge in [0.2, 0.25) is 0 Å². The predicted octanol–water partition coefficient (Wildman–Crippen LogP) is 4.75. The second-order valence-electron chi connectivity index (χ2n) is 5.19. The topological polar surface area (TPSA) is 66.9 Å². The number of allylic oxidation sites excluding steroid dienone is 3. The molecule has 2 rings (SSSR count). The molecular formula is C19H12ClF3N2O. The van der Waals surface area contributed by atoms with Crippen LogP contribution in [-0.4, -0.2) is 12.1 Å². The number of nitriles is 1. The summed E-state index contributed by atoms with van der Waals surface area (Å²) in [6.45, 7) is 0. The molecule has 132 valence electrons. The van der Waals surface area contributed by atoms with Gasteiger partial charge in [0.25, 0.3) is 5.91 Å². The van der Waals surface area contributed by atoms with E-state index >= 15 is 0 Å². The minimum absolute atomic E-state index is 0.103. The van der Waals surface area contributed by atoms with Crippen LogP contribution in [-0.2, 0) is 4.79 Å². The molecule has 2 aromatic rings. The molecule has 2 aromatic carbocycles. The molecule has 0 heterocycles. The van der Waals surface area contributed by atoms with Crippen molar-refractivity contribution in [2.75, 3.05) is 0 Å². The van der Waals surface area contributed by atoms with Crippen LogP contribution in [0.1, 0.15) is 11.1 Å². The van der Waals surface area contributed by atoms with Crippen molar-refractivity contribution >= 4 is 28.7 Å². The van der Waals surface area contributed by atoms with E-state index in [4.69, 9.17) is 17.3 Å². The van der Waals surface area contributed by atoms with Crippen LogP contribution >= 0.6 is 11.6 Å². The highest BCUT2D eigenvalue weighted by Crippen LogP contribution is 2.37. The summed E-state index contributed by atoms with van der Waals surface area (Å²) in [5, 5.41) is 9.58. The van der Waals surface area contributed by atoms with E-state index in [0.29, 0.717) is 5.02 Å². The molecule has 0 bridgehead atoms. The average Bonchev–Trinajstić information content (AvgIpc) is 2.58. The van der Waals surface area contributed by atoms with Gasteiger partial charge in [-0.2, -0.15) is 18.4 Å². The van der Waals surface area contributed by atoms with Crippen LogP contribution in [0, 0.1) is 11.3 Å². The van der Waals surface area contributed by atoms with Crippen molar-refractivity contribution in [3.05, 3.63) is 82.4 Å². The maximum atomic E-state index is 13.6. The Kier molecular flexibility index (Phi) is 5.86. The molecule has 0 radical (unpaired) electrons. The Balaban J connectivity index is 2.79. The van der Waals surface area contributed by atoms with Gasteiger partial charge in [-0.15, -0.1) is 0 Å². The van der Waals surface area contributed by atoms with Gasteiger partial charge in [0.15, 0.2) is 0 Å². The zero-order chi connectivity index (χ0) is 19.3. The minimum atomic E-state index is -4.71. The molecule has 0 aromatic heterocycles. The first kappa shape index (κ1) is 19.3. The summed E-state index contributed by atoms with van der Waals surface area (Å²) in [4.78, 5) is 11.6. The molecule has 0 saturated heterocycles. The zero-order valence-corrected chi connectivity index (χ0v) is 14.0. The number of rotatable bonds is 4. The molecule has 0 spiro atoms. The van der Waals surface area contributed by atoms with Gasteiger partial charge in [0, 0.05) is 10.6 Å². The predicted molar refractivity (Wildman–Crippen MR) is 93.7 cm³/mol. The molecule has 0 saturated carbocycles. The summed E-state index contributed by atoms with van der Waals surface area (Å²) in [6, 6.07) is 14.4. The Morgan fingerprint density at radius 1 is 1.04 bits per heavy atom. The average molecular weight is 377 g/mol. The molecule has 0 atom stereocenters. The Morgan fingerprint density at radius 3 is 2.08 bits per heavy atom. The molecule has 7 heteroatoms. The summed E-state index contributed by atoms with van der Waals surface area (Å²) in [5.74, 6) is -1.12. The monoisotopic (exact) mass is 376 g/mol. The number of carbonyl (C=O) groups is 1. The Bertz CT molecular complexity index is 909. The van der Waals surface area contributed by atoms with Gasteiger partial charge in [0.1, 0.15) is 11.6 Å².